The highest BCUT2D eigenvalue weighted by atomic mass is 16.4. The first kappa shape index (κ1) is 13.4. The summed E-state index contributed by atoms with van der Waals surface area (Å²) in [6, 6.07) is 2.91. The van der Waals surface area contributed by atoms with Crippen LogP contribution in [0.1, 0.15) is 45.2 Å². The largest absolute Gasteiger partial charge is 0.475 e. The van der Waals surface area contributed by atoms with Gasteiger partial charge in [0.15, 0.2) is 0 Å². The SMILES string of the molecule is O=C(O)c1ccc(CNC(=O)c2cnn3c2CCCC3)o1. The van der Waals surface area contributed by atoms with E-state index in [1.54, 1.807) is 6.20 Å². The Labute approximate surface area is 120 Å². The van der Waals surface area contributed by atoms with Crippen LogP contribution in [-0.4, -0.2) is 26.8 Å². The summed E-state index contributed by atoms with van der Waals surface area (Å²) in [4.78, 5) is 22.9. The summed E-state index contributed by atoms with van der Waals surface area (Å²) in [5.41, 5.74) is 1.55. The highest BCUT2D eigenvalue weighted by Gasteiger charge is 2.20. The summed E-state index contributed by atoms with van der Waals surface area (Å²) in [5, 5.41) is 15.7. The van der Waals surface area contributed by atoms with E-state index in [9.17, 15) is 9.59 Å². The van der Waals surface area contributed by atoms with Crippen LogP contribution in [0, 0.1) is 0 Å². The average molecular weight is 289 g/mol. The van der Waals surface area contributed by atoms with Crippen molar-refractivity contribution in [3.8, 4) is 0 Å². The first-order valence-electron chi connectivity index (χ1n) is 6.80. The predicted octanol–water partition coefficient (Wildman–Crippen LogP) is 1.44. The highest BCUT2D eigenvalue weighted by Crippen LogP contribution is 2.18. The van der Waals surface area contributed by atoms with E-state index >= 15 is 0 Å². The Morgan fingerprint density at radius 3 is 3.00 bits per heavy atom. The molecule has 1 aliphatic rings. The van der Waals surface area contributed by atoms with Crippen molar-refractivity contribution in [3.05, 3.63) is 41.1 Å². The molecule has 3 heterocycles. The minimum absolute atomic E-state index is 0.137. The van der Waals surface area contributed by atoms with Gasteiger partial charge in [0.05, 0.1) is 24.0 Å². The molecule has 0 radical (unpaired) electrons. The van der Waals surface area contributed by atoms with Crippen LogP contribution in [0.5, 0.6) is 0 Å². The molecule has 0 saturated carbocycles. The quantitative estimate of drug-likeness (QED) is 0.887. The maximum Gasteiger partial charge on any atom is 0.371 e. The van der Waals surface area contributed by atoms with Crippen molar-refractivity contribution in [2.75, 3.05) is 0 Å². The zero-order chi connectivity index (χ0) is 14.8. The first-order chi connectivity index (χ1) is 10.1. The summed E-state index contributed by atoms with van der Waals surface area (Å²) in [7, 11) is 0. The zero-order valence-electron chi connectivity index (χ0n) is 11.3. The molecule has 0 fully saturated rings. The number of rotatable bonds is 4. The molecule has 1 amide bonds. The standard InChI is InChI=1S/C14H15N3O4/c18-13(10-8-16-17-6-2-1-3-11(10)17)15-7-9-4-5-12(21-9)14(19)20/h4-5,8H,1-3,6-7H2,(H,15,18)(H,19,20). The van der Waals surface area contributed by atoms with Crippen molar-refractivity contribution in [1.29, 1.82) is 0 Å². The molecule has 0 aliphatic carbocycles. The summed E-state index contributed by atoms with van der Waals surface area (Å²) >= 11 is 0. The number of carbonyl (C=O) groups excluding carboxylic acids is 1. The zero-order valence-corrected chi connectivity index (χ0v) is 11.3. The summed E-state index contributed by atoms with van der Waals surface area (Å²) in [6.45, 7) is 1.000. The van der Waals surface area contributed by atoms with Crippen LogP contribution >= 0.6 is 0 Å². The molecule has 0 unspecified atom stereocenters. The Hall–Kier alpha value is -2.57. The Bertz CT molecular complexity index is 686. The van der Waals surface area contributed by atoms with E-state index in [-0.39, 0.29) is 18.2 Å². The van der Waals surface area contributed by atoms with Gasteiger partial charge in [-0.05, 0) is 31.4 Å². The first-order valence-corrected chi connectivity index (χ1v) is 6.80. The maximum absolute atomic E-state index is 12.2. The molecular formula is C14H15N3O4. The fourth-order valence-electron chi connectivity index (χ4n) is 2.46. The van der Waals surface area contributed by atoms with Gasteiger partial charge in [-0.15, -0.1) is 0 Å². The molecule has 2 aromatic rings. The number of carboxylic acids is 1. The van der Waals surface area contributed by atoms with E-state index in [0.29, 0.717) is 11.3 Å². The lowest BCUT2D eigenvalue weighted by molar-refractivity contribution is 0.0660. The average Bonchev–Trinajstić information content (AvgIpc) is 3.11. The smallest absolute Gasteiger partial charge is 0.371 e. The van der Waals surface area contributed by atoms with E-state index in [0.717, 1.165) is 31.5 Å². The van der Waals surface area contributed by atoms with Crippen molar-refractivity contribution in [1.82, 2.24) is 15.1 Å². The molecule has 2 aromatic heterocycles. The van der Waals surface area contributed by atoms with Gasteiger partial charge in [0, 0.05) is 6.54 Å². The second-order valence-electron chi connectivity index (χ2n) is 4.94. The number of nitrogens with zero attached hydrogens (tertiary/aromatic N) is 2. The molecule has 0 aromatic carbocycles. The third-order valence-corrected chi connectivity index (χ3v) is 3.52. The molecule has 21 heavy (non-hydrogen) atoms. The molecule has 2 N–H and O–H groups in total. The Kier molecular flexibility index (Phi) is 3.47. The lowest BCUT2D eigenvalue weighted by Crippen LogP contribution is -2.24. The lowest BCUT2D eigenvalue weighted by Gasteiger charge is -2.14. The monoisotopic (exact) mass is 289 g/mol. The normalized spacial score (nSPS) is 13.7. The Morgan fingerprint density at radius 1 is 1.38 bits per heavy atom. The van der Waals surface area contributed by atoms with E-state index < -0.39 is 5.97 Å². The summed E-state index contributed by atoms with van der Waals surface area (Å²) in [6.07, 6.45) is 4.58. The fraction of sp³-hybridized carbons (Fsp3) is 0.357. The number of fused-ring (bicyclic) bond motifs is 1. The third kappa shape index (κ3) is 2.67. The van der Waals surface area contributed by atoms with Crippen LogP contribution in [0.4, 0.5) is 0 Å². The van der Waals surface area contributed by atoms with Crippen molar-refractivity contribution >= 4 is 11.9 Å². The molecule has 1 aliphatic heterocycles. The van der Waals surface area contributed by atoms with Crippen LogP contribution < -0.4 is 5.32 Å². The van der Waals surface area contributed by atoms with Crippen molar-refractivity contribution in [2.24, 2.45) is 0 Å². The van der Waals surface area contributed by atoms with Gasteiger partial charge in [0.25, 0.3) is 5.91 Å². The van der Waals surface area contributed by atoms with E-state index in [1.165, 1.54) is 12.1 Å². The second kappa shape index (κ2) is 5.43. The number of hydrogen-bond donors (Lipinski definition) is 2. The Balaban J connectivity index is 1.66. The van der Waals surface area contributed by atoms with Gasteiger partial charge in [0.1, 0.15) is 5.76 Å². The van der Waals surface area contributed by atoms with E-state index in [4.69, 9.17) is 9.52 Å². The number of hydrogen-bond acceptors (Lipinski definition) is 4. The van der Waals surface area contributed by atoms with Crippen molar-refractivity contribution in [3.63, 3.8) is 0 Å². The topological polar surface area (TPSA) is 97.4 Å². The van der Waals surface area contributed by atoms with Gasteiger partial charge in [-0.25, -0.2) is 4.79 Å². The highest BCUT2D eigenvalue weighted by molar-refractivity contribution is 5.95. The van der Waals surface area contributed by atoms with Crippen LogP contribution in [0.3, 0.4) is 0 Å². The van der Waals surface area contributed by atoms with E-state index in [1.807, 2.05) is 4.68 Å². The number of furan rings is 1. The maximum atomic E-state index is 12.2. The van der Waals surface area contributed by atoms with Crippen molar-refractivity contribution in [2.45, 2.75) is 32.4 Å². The number of carboxylic acid groups (broad SMARTS) is 1. The molecule has 110 valence electrons. The third-order valence-electron chi connectivity index (χ3n) is 3.52. The van der Waals surface area contributed by atoms with Gasteiger partial charge >= 0.3 is 5.97 Å². The molecule has 0 atom stereocenters. The molecule has 0 spiro atoms. The summed E-state index contributed by atoms with van der Waals surface area (Å²) < 4.78 is 6.96. The van der Waals surface area contributed by atoms with Crippen LogP contribution in [0.15, 0.2) is 22.7 Å². The number of carbonyl (C=O) groups is 2. The minimum atomic E-state index is -1.13. The van der Waals surface area contributed by atoms with Gasteiger partial charge < -0.3 is 14.8 Å². The number of nitrogens with one attached hydrogen (secondary N) is 1. The second-order valence-corrected chi connectivity index (χ2v) is 4.94. The predicted molar refractivity (Wildman–Crippen MR) is 72.0 cm³/mol. The number of amides is 1. The van der Waals surface area contributed by atoms with Crippen LogP contribution in [0.25, 0.3) is 0 Å². The molecule has 3 rings (SSSR count). The van der Waals surface area contributed by atoms with Crippen LogP contribution in [-0.2, 0) is 19.5 Å². The van der Waals surface area contributed by atoms with Gasteiger partial charge in [0.2, 0.25) is 5.76 Å². The fourth-order valence-corrected chi connectivity index (χ4v) is 2.46. The Morgan fingerprint density at radius 2 is 2.24 bits per heavy atom. The molecule has 0 saturated heterocycles. The molecule has 7 heteroatoms. The van der Waals surface area contributed by atoms with Crippen LogP contribution in [0.2, 0.25) is 0 Å². The van der Waals surface area contributed by atoms with Crippen molar-refractivity contribution < 1.29 is 19.1 Å². The van der Waals surface area contributed by atoms with Gasteiger partial charge in [-0.3, -0.25) is 9.48 Å². The molecular weight excluding hydrogens is 274 g/mol. The molecule has 7 nitrogen and oxygen atoms in total. The van der Waals surface area contributed by atoms with Gasteiger partial charge in [-0.2, -0.15) is 5.10 Å². The minimum Gasteiger partial charge on any atom is -0.475 e. The van der Waals surface area contributed by atoms with Gasteiger partial charge in [-0.1, -0.05) is 0 Å². The lowest BCUT2D eigenvalue weighted by atomic mass is 10.1. The summed E-state index contributed by atoms with van der Waals surface area (Å²) in [5.74, 6) is -1.08. The molecule has 0 bridgehead atoms. The number of aromatic nitrogens is 2. The van der Waals surface area contributed by atoms with E-state index in [2.05, 4.69) is 10.4 Å². The number of aromatic carboxylic acids is 1. The number of aryl methyl sites for hydroxylation is 1.